The smallest absolute Gasteiger partial charge is 0.262 e. The maximum Gasteiger partial charge on any atom is 0.262 e. The minimum absolute atomic E-state index is 0.0308. The van der Waals surface area contributed by atoms with Crippen LogP contribution in [-0.2, 0) is 34.0 Å². The summed E-state index contributed by atoms with van der Waals surface area (Å²) in [5.41, 5.74) is 1.76. The number of nitrogens with zero attached hydrogens (tertiary/aromatic N) is 4. The highest BCUT2D eigenvalue weighted by Gasteiger charge is 2.31. The van der Waals surface area contributed by atoms with Crippen molar-refractivity contribution >= 4 is 43.1 Å². The summed E-state index contributed by atoms with van der Waals surface area (Å²) in [7, 11) is -3.07. The van der Waals surface area contributed by atoms with Gasteiger partial charge >= 0.3 is 0 Å². The molecule has 3 aromatic rings. The molecule has 2 aliphatic rings. The molecule has 1 fully saturated rings. The number of amides is 1. The summed E-state index contributed by atoms with van der Waals surface area (Å²) in [6.07, 6.45) is 6.27. The molecule has 1 aliphatic heterocycles. The Balaban J connectivity index is 1.31. The Hall–Kier alpha value is -2.53. The van der Waals surface area contributed by atoms with Gasteiger partial charge in [0.1, 0.15) is 10.6 Å². The third-order valence-electron chi connectivity index (χ3n) is 6.20. The Morgan fingerprint density at radius 1 is 1.31 bits per heavy atom. The zero-order valence-electron chi connectivity index (χ0n) is 17.8. The number of nitrogens with one attached hydrogen (secondary N) is 1. The molecule has 11 heteroatoms. The van der Waals surface area contributed by atoms with Crippen LogP contribution in [0.25, 0.3) is 10.2 Å². The second-order valence-corrected chi connectivity index (χ2v) is 11.9. The molecule has 1 atom stereocenters. The Morgan fingerprint density at radius 3 is 2.91 bits per heavy atom. The Bertz CT molecular complexity index is 1370. The molecule has 32 heavy (non-hydrogen) atoms. The molecule has 1 saturated heterocycles. The first-order valence-electron chi connectivity index (χ1n) is 10.9. The minimum atomic E-state index is -3.07. The van der Waals surface area contributed by atoms with Crippen molar-refractivity contribution in [1.29, 1.82) is 0 Å². The van der Waals surface area contributed by atoms with E-state index in [1.165, 1.54) is 15.8 Å². The first-order chi connectivity index (χ1) is 15.3. The van der Waals surface area contributed by atoms with Crippen molar-refractivity contribution in [3.63, 3.8) is 0 Å². The lowest BCUT2D eigenvalue weighted by Gasteiger charge is -2.14. The van der Waals surface area contributed by atoms with Crippen LogP contribution in [0.2, 0.25) is 0 Å². The van der Waals surface area contributed by atoms with Gasteiger partial charge in [0, 0.05) is 23.9 Å². The molecule has 0 aromatic carbocycles. The van der Waals surface area contributed by atoms with Gasteiger partial charge in [-0.1, -0.05) is 0 Å². The van der Waals surface area contributed by atoms with Crippen molar-refractivity contribution in [1.82, 2.24) is 19.3 Å². The molecule has 0 bridgehead atoms. The SMILES string of the molecule is Cc1cc(NC(=O)CCn2cnc3sc4c(c3c2=O)CCCC4)n(C2CCS(=O)(=O)C2)n1. The topological polar surface area (TPSA) is 116 Å². The van der Waals surface area contributed by atoms with Gasteiger partial charge in [-0.3, -0.25) is 14.2 Å². The average molecular weight is 476 g/mol. The molecule has 0 spiro atoms. The predicted molar refractivity (Wildman–Crippen MR) is 123 cm³/mol. The van der Waals surface area contributed by atoms with Gasteiger partial charge in [-0.15, -0.1) is 11.3 Å². The summed E-state index contributed by atoms with van der Waals surface area (Å²) in [5, 5.41) is 7.94. The van der Waals surface area contributed by atoms with E-state index in [2.05, 4.69) is 15.4 Å². The van der Waals surface area contributed by atoms with Crippen LogP contribution in [0.3, 0.4) is 0 Å². The molecule has 1 amide bonds. The third kappa shape index (κ3) is 3.99. The number of anilines is 1. The average Bonchev–Trinajstić information content (AvgIpc) is 3.41. The summed E-state index contributed by atoms with van der Waals surface area (Å²) in [4.78, 5) is 32.2. The molecule has 9 nitrogen and oxygen atoms in total. The number of fused-ring (bicyclic) bond motifs is 3. The number of aromatic nitrogens is 4. The molecule has 170 valence electrons. The standard InChI is InChI=1S/C21H25N5O4S2/c1-13-10-17(26(24-13)14-7-9-32(29,30)11-14)23-18(27)6-8-25-12-22-20-19(21(25)28)15-4-2-3-5-16(15)31-20/h10,12,14H,2-9,11H2,1H3,(H,23,27). The molecule has 1 unspecified atom stereocenters. The van der Waals surface area contributed by atoms with E-state index >= 15 is 0 Å². The summed E-state index contributed by atoms with van der Waals surface area (Å²) in [5.74, 6) is 0.395. The van der Waals surface area contributed by atoms with E-state index in [0.717, 1.165) is 36.1 Å². The van der Waals surface area contributed by atoms with E-state index in [0.29, 0.717) is 23.3 Å². The number of hydrogen-bond acceptors (Lipinski definition) is 7. The fraction of sp³-hybridized carbons (Fsp3) is 0.524. The predicted octanol–water partition coefficient (Wildman–Crippen LogP) is 2.23. The monoisotopic (exact) mass is 475 g/mol. The lowest BCUT2D eigenvalue weighted by atomic mass is 9.97. The minimum Gasteiger partial charge on any atom is -0.311 e. The van der Waals surface area contributed by atoms with Crippen LogP contribution in [0, 0.1) is 6.92 Å². The van der Waals surface area contributed by atoms with E-state index in [1.54, 1.807) is 29.0 Å². The van der Waals surface area contributed by atoms with Crippen molar-refractivity contribution in [2.24, 2.45) is 0 Å². The molecule has 1 N–H and O–H groups in total. The van der Waals surface area contributed by atoms with Gasteiger partial charge in [0.25, 0.3) is 5.56 Å². The summed E-state index contributed by atoms with van der Waals surface area (Å²) >= 11 is 1.61. The lowest BCUT2D eigenvalue weighted by Crippen LogP contribution is -2.25. The van der Waals surface area contributed by atoms with Crippen molar-refractivity contribution in [3.05, 3.63) is 38.9 Å². The van der Waals surface area contributed by atoms with Crippen molar-refractivity contribution < 1.29 is 13.2 Å². The highest BCUT2D eigenvalue weighted by atomic mass is 32.2. The fourth-order valence-electron chi connectivity index (χ4n) is 4.62. The van der Waals surface area contributed by atoms with Crippen LogP contribution < -0.4 is 10.9 Å². The number of rotatable bonds is 5. The van der Waals surface area contributed by atoms with Crippen LogP contribution in [-0.4, -0.2) is 45.2 Å². The molecule has 1 aliphatic carbocycles. The first-order valence-corrected chi connectivity index (χ1v) is 13.5. The number of hydrogen-bond donors (Lipinski definition) is 1. The van der Waals surface area contributed by atoms with Gasteiger partial charge in [0.15, 0.2) is 9.84 Å². The second kappa shape index (κ2) is 8.11. The van der Waals surface area contributed by atoms with E-state index in [9.17, 15) is 18.0 Å². The van der Waals surface area contributed by atoms with Crippen LogP contribution >= 0.6 is 11.3 Å². The number of sulfone groups is 1. The van der Waals surface area contributed by atoms with Crippen molar-refractivity contribution in [2.75, 3.05) is 16.8 Å². The highest BCUT2D eigenvalue weighted by molar-refractivity contribution is 7.91. The number of carbonyl (C=O) groups excluding carboxylic acids is 1. The largest absolute Gasteiger partial charge is 0.311 e. The van der Waals surface area contributed by atoms with Gasteiger partial charge in [-0.2, -0.15) is 5.10 Å². The van der Waals surface area contributed by atoms with E-state index in [-0.39, 0.29) is 42.0 Å². The zero-order valence-corrected chi connectivity index (χ0v) is 19.5. The highest BCUT2D eigenvalue weighted by Crippen LogP contribution is 2.33. The van der Waals surface area contributed by atoms with Gasteiger partial charge in [0.05, 0.1) is 35.0 Å². The normalized spacial score (nSPS) is 19.8. The van der Waals surface area contributed by atoms with Gasteiger partial charge in [0.2, 0.25) is 5.91 Å². The molecule has 5 rings (SSSR count). The Kier molecular flexibility index (Phi) is 5.40. The summed E-state index contributed by atoms with van der Waals surface area (Å²) in [6.45, 7) is 2.03. The maximum atomic E-state index is 13.1. The van der Waals surface area contributed by atoms with Gasteiger partial charge in [-0.25, -0.2) is 18.1 Å². The van der Waals surface area contributed by atoms with Crippen molar-refractivity contribution in [2.45, 2.75) is 58.0 Å². The second-order valence-electron chi connectivity index (χ2n) is 8.60. The van der Waals surface area contributed by atoms with Gasteiger partial charge < -0.3 is 5.32 Å². The van der Waals surface area contributed by atoms with E-state index in [4.69, 9.17) is 0 Å². The fourth-order valence-corrected chi connectivity index (χ4v) is 7.54. The first kappa shape index (κ1) is 21.3. The number of aryl methyl sites for hydroxylation is 4. The molecule has 4 heterocycles. The summed E-state index contributed by atoms with van der Waals surface area (Å²) < 4.78 is 26.8. The quantitative estimate of drug-likeness (QED) is 0.605. The number of thiophene rings is 1. The van der Waals surface area contributed by atoms with E-state index < -0.39 is 9.84 Å². The van der Waals surface area contributed by atoms with Crippen molar-refractivity contribution in [3.8, 4) is 0 Å². The molecule has 0 radical (unpaired) electrons. The molecule has 0 saturated carbocycles. The van der Waals surface area contributed by atoms with Gasteiger partial charge in [-0.05, 0) is 44.6 Å². The van der Waals surface area contributed by atoms with Crippen LogP contribution in [0.5, 0.6) is 0 Å². The lowest BCUT2D eigenvalue weighted by molar-refractivity contribution is -0.116. The third-order valence-corrected chi connectivity index (χ3v) is 9.15. The molecular weight excluding hydrogens is 450 g/mol. The summed E-state index contributed by atoms with van der Waals surface area (Å²) in [6, 6.07) is 1.46. The number of carbonyl (C=O) groups is 1. The van der Waals surface area contributed by atoms with E-state index in [1.807, 2.05) is 0 Å². The Labute approximate surface area is 189 Å². The van der Waals surface area contributed by atoms with Crippen LogP contribution in [0.15, 0.2) is 17.2 Å². The zero-order chi connectivity index (χ0) is 22.5. The Morgan fingerprint density at radius 2 is 2.12 bits per heavy atom. The molecule has 3 aromatic heterocycles. The maximum absolute atomic E-state index is 13.1. The molecular formula is C21H25N5O4S2. The van der Waals surface area contributed by atoms with Crippen LogP contribution in [0.1, 0.15) is 47.9 Å². The van der Waals surface area contributed by atoms with Crippen LogP contribution in [0.4, 0.5) is 5.82 Å².